The van der Waals surface area contributed by atoms with E-state index in [-0.39, 0.29) is 68.3 Å². The molecule has 1 rings (SSSR count). The van der Waals surface area contributed by atoms with Crippen LogP contribution in [0, 0.1) is 5.41 Å². The molecule has 4 atom stereocenters. The van der Waals surface area contributed by atoms with Crippen LogP contribution in [0.15, 0.2) is 0 Å². The zero-order chi connectivity index (χ0) is 69.0. The molecule has 1 fully saturated rings. The fraction of sp³-hybridized carbons (Fsp3) is 0.895. The topological polar surface area (TPSA) is 226 Å². The highest BCUT2D eigenvalue weighted by Gasteiger charge is 2.38. The monoisotopic (exact) mass is 1340 g/mol. The number of nitrogens with one attached hydrogen (secondary N) is 1. The van der Waals surface area contributed by atoms with Gasteiger partial charge in [-0.05, 0) is 143 Å². The van der Waals surface area contributed by atoms with Crippen molar-refractivity contribution in [3.8, 4) is 0 Å². The average molecular weight is 1340 g/mol. The number of likely N-dealkylation sites (tertiary alicyclic amines) is 1. The van der Waals surface area contributed by atoms with Gasteiger partial charge in [0, 0.05) is 58.0 Å². The number of hydrogen-bond acceptors (Lipinski definition) is 17. The molecular weight excluding hydrogens is 1200 g/mol. The lowest BCUT2D eigenvalue weighted by atomic mass is 9.92. The Morgan fingerprint density at radius 2 is 0.606 bits per heavy atom. The summed E-state index contributed by atoms with van der Waals surface area (Å²) in [4.78, 5) is 108. The molecule has 0 aromatic rings. The fourth-order valence-electron chi connectivity index (χ4n) is 11.7. The number of unbranched alkanes of at least 4 members (excludes halogenated alkanes) is 27. The number of esters is 7. The molecule has 1 saturated heterocycles. The first-order valence-electron chi connectivity index (χ1n) is 38.4. The Bertz CT molecular complexity index is 1770. The van der Waals surface area contributed by atoms with Crippen molar-refractivity contribution in [3.05, 3.63) is 0 Å². The van der Waals surface area contributed by atoms with Gasteiger partial charge in [0.1, 0.15) is 37.9 Å². The highest BCUT2D eigenvalue weighted by molar-refractivity contribution is 5.72. The minimum atomic E-state index is -1.49. The van der Waals surface area contributed by atoms with Crippen LogP contribution in [0.25, 0.3) is 0 Å². The zero-order valence-electron chi connectivity index (χ0n) is 60.9. The minimum Gasteiger partial charge on any atom is -0.465 e. The highest BCUT2D eigenvalue weighted by atomic mass is 16.6. The molecule has 1 heterocycles. The van der Waals surface area contributed by atoms with E-state index >= 15 is 0 Å². The summed E-state index contributed by atoms with van der Waals surface area (Å²) < 4.78 is 46.5. The predicted octanol–water partition coefficient (Wildman–Crippen LogP) is 18.2. The van der Waals surface area contributed by atoms with Gasteiger partial charge < -0.3 is 48.1 Å². The van der Waals surface area contributed by atoms with Gasteiger partial charge in [-0.1, -0.05) is 182 Å². The molecule has 1 aliphatic heterocycles. The Morgan fingerprint density at radius 1 is 0.330 bits per heavy atom. The highest BCUT2D eigenvalue weighted by Crippen LogP contribution is 2.25. The van der Waals surface area contributed by atoms with Crippen LogP contribution in [0.2, 0.25) is 0 Å². The van der Waals surface area contributed by atoms with Crippen LogP contribution in [0.3, 0.4) is 0 Å². The molecule has 0 aromatic carbocycles. The molecule has 4 unspecified atom stereocenters. The Balaban J connectivity index is 3.14. The first-order chi connectivity index (χ1) is 45.5. The second-order valence-electron chi connectivity index (χ2n) is 27.3. The lowest BCUT2D eigenvalue weighted by Gasteiger charge is -2.31. The summed E-state index contributed by atoms with van der Waals surface area (Å²) in [5.74, 6) is -2.87. The van der Waals surface area contributed by atoms with Crippen molar-refractivity contribution < 1.29 is 76.3 Å². The van der Waals surface area contributed by atoms with E-state index in [1.807, 2.05) is 20.8 Å². The molecule has 0 saturated carbocycles. The number of hydrogen-bond donors (Lipinski definition) is 1. The maximum atomic E-state index is 13.8. The van der Waals surface area contributed by atoms with Crippen LogP contribution >= 0.6 is 0 Å². The van der Waals surface area contributed by atoms with Crippen molar-refractivity contribution in [2.75, 3.05) is 52.6 Å². The van der Waals surface area contributed by atoms with E-state index in [0.29, 0.717) is 109 Å². The number of nitrogens with zero attached hydrogens (tertiary/aromatic N) is 1. The van der Waals surface area contributed by atoms with Crippen molar-refractivity contribution in [2.24, 2.45) is 5.41 Å². The van der Waals surface area contributed by atoms with Gasteiger partial charge in [0.15, 0.2) is 0 Å². The summed E-state index contributed by atoms with van der Waals surface area (Å²) in [5.41, 5.74) is -1.49. The van der Waals surface area contributed by atoms with Crippen molar-refractivity contribution in [3.63, 3.8) is 0 Å². The third-order valence-corrected chi connectivity index (χ3v) is 17.8. The average Bonchev–Trinajstić information content (AvgIpc) is 1.23. The number of ether oxygens (including phenoxy) is 8. The summed E-state index contributed by atoms with van der Waals surface area (Å²) in [6.07, 6.45) is 37.7. The molecule has 0 bridgehead atoms. The van der Waals surface area contributed by atoms with E-state index in [0.717, 1.165) is 116 Å². The third kappa shape index (κ3) is 53.6. The lowest BCUT2D eigenvalue weighted by Crippen LogP contribution is -2.44. The molecule has 1 aliphatic rings. The first-order valence-corrected chi connectivity index (χ1v) is 38.4. The van der Waals surface area contributed by atoms with Crippen molar-refractivity contribution in [2.45, 2.75) is 381 Å². The van der Waals surface area contributed by atoms with E-state index in [9.17, 15) is 38.4 Å². The quantitative estimate of drug-likeness (QED) is 0.0339. The van der Waals surface area contributed by atoms with Crippen LogP contribution in [0.5, 0.6) is 0 Å². The van der Waals surface area contributed by atoms with Gasteiger partial charge in [-0.3, -0.25) is 33.6 Å². The summed E-state index contributed by atoms with van der Waals surface area (Å²) >= 11 is 0. The van der Waals surface area contributed by atoms with E-state index in [1.54, 1.807) is 0 Å². The van der Waals surface area contributed by atoms with Crippen molar-refractivity contribution >= 4 is 47.9 Å². The molecular formula is C76H138N2O16. The number of carbonyl (C=O) groups excluding carboxylic acids is 8. The Kier molecular flexibility index (Phi) is 56.7. The molecule has 1 N–H and O–H groups in total. The number of carbonyl (C=O) groups is 8. The van der Waals surface area contributed by atoms with Crippen molar-refractivity contribution in [1.29, 1.82) is 0 Å². The smallest absolute Gasteiger partial charge is 0.407 e. The predicted molar refractivity (Wildman–Crippen MR) is 372 cm³/mol. The molecule has 18 heteroatoms. The van der Waals surface area contributed by atoms with Gasteiger partial charge in [-0.15, -0.1) is 0 Å². The molecule has 1 amide bonds. The molecule has 94 heavy (non-hydrogen) atoms. The van der Waals surface area contributed by atoms with Crippen LogP contribution in [-0.2, 0) is 71.5 Å². The van der Waals surface area contributed by atoms with Gasteiger partial charge in [0.2, 0.25) is 0 Å². The van der Waals surface area contributed by atoms with Crippen LogP contribution in [0.1, 0.15) is 357 Å². The maximum Gasteiger partial charge on any atom is 0.407 e. The van der Waals surface area contributed by atoms with Crippen LogP contribution in [0.4, 0.5) is 4.79 Å². The summed E-state index contributed by atoms with van der Waals surface area (Å²) in [7, 11) is 0. The second-order valence-corrected chi connectivity index (χ2v) is 27.3. The Hall–Kier alpha value is -4.48. The number of amides is 1. The van der Waals surface area contributed by atoms with E-state index in [4.69, 9.17) is 37.9 Å². The Labute approximate surface area is 571 Å². The lowest BCUT2D eigenvalue weighted by molar-refractivity contribution is -0.171. The number of rotatable bonds is 65. The fourth-order valence-corrected chi connectivity index (χ4v) is 11.7. The van der Waals surface area contributed by atoms with Crippen LogP contribution in [-0.4, -0.2) is 130 Å². The van der Waals surface area contributed by atoms with E-state index in [1.165, 1.54) is 77.0 Å². The summed E-state index contributed by atoms with van der Waals surface area (Å²) in [5, 5.41) is 2.87. The molecule has 18 nitrogen and oxygen atoms in total. The summed E-state index contributed by atoms with van der Waals surface area (Å²) in [6, 6.07) is 0. The SMILES string of the molecule is CCCCCCCCC(C)OC(=O)CCCCCCC(=O)OCC(COC(=O)CCCCCCC(=O)OC(C)CCCCCCCC)(COC(=O)CCCCCCC(=O)OC(C)CCCCCCCC)COC(=O)CCC(CCCCCC)OC(=O)NCCN1CCCC1. The van der Waals surface area contributed by atoms with Crippen LogP contribution < -0.4 is 5.32 Å². The molecule has 0 spiro atoms. The van der Waals surface area contributed by atoms with Gasteiger partial charge in [0.05, 0.1) is 18.3 Å². The Morgan fingerprint density at radius 3 is 0.947 bits per heavy atom. The third-order valence-electron chi connectivity index (χ3n) is 17.8. The number of alkyl carbamates (subject to hydrolysis) is 1. The molecule has 548 valence electrons. The van der Waals surface area contributed by atoms with Crippen molar-refractivity contribution in [1.82, 2.24) is 10.2 Å². The minimum absolute atomic E-state index is 0.0620. The molecule has 0 radical (unpaired) electrons. The zero-order valence-corrected chi connectivity index (χ0v) is 60.9. The largest absolute Gasteiger partial charge is 0.465 e. The van der Waals surface area contributed by atoms with Gasteiger partial charge in [-0.2, -0.15) is 0 Å². The summed E-state index contributed by atoms with van der Waals surface area (Å²) in [6.45, 7) is 16.1. The normalized spacial score (nSPS) is 14.2. The second kappa shape index (κ2) is 60.9. The standard InChI is InChI=1S/C76H138N2O16/c1-8-12-16-20-23-32-44-64(5)91-72(83)51-39-29-26-36-48-68(79)87-60-76(61-88-69(80)49-37-27-30-40-52-73(84)92-65(6)45-33-24-21-17-13-9-2,62-89-70(81)50-38-28-31-41-53-74(85)93-66(7)46-34-25-22-18-14-10-3)63-90-71(82)55-54-67(47-35-19-15-11-4)94-75(86)77-56-59-78-57-42-43-58-78/h64-67H,8-63H2,1-7H3,(H,77,86). The van der Waals surface area contributed by atoms with Gasteiger partial charge in [-0.25, -0.2) is 4.79 Å². The van der Waals surface area contributed by atoms with E-state index in [2.05, 4.69) is 37.9 Å². The van der Waals surface area contributed by atoms with E-state index < -0.39 is 67.9 Å². The van der Waals surface area contributed by atoms with Gasteiger partial charge in [0.25, 0.3) is 0 Å². The molecule has 0 aromatic heterocycles. The molecule has 0 aliphatic carbocycles. The maximum absolute atomic E-state index is 13.8. The first kappa shape index (κ1) is 87.5. The van der Waals surface area contributed by atoms with Gasteiger partial charge >= 0.3 is 47.9 Å².